The van der Waals surface area contributed by atoms with Gasteiger partial charge in [-0.05, 0) is 24.1 Å². The van der Waals surface area contributed by atoms with Gasteiger partial charge in [-0.25, -0.2) is 0 Å². The van der Waals surface area contributed by atoms with E-state index >= 15 is 0 Å². The second-order valence-electron chi connectivity index (χ2n) is 4.03. The van der Waals surface area contributed by atoms with Gasteiger partial charge < -0.3 is 15.6 Å². The van der Waals surface area contributed by atoms with Crippen LogP contribution in [0.2, 0.25) is 0 Å². The minimum atomic E-state index is -4.54. The van der Waals surface area contributed by atoms with Crippen molar-refractivity contribution >= 4 is 12.4 Å². The maximum atomic E-state index is 12.6. The molecular weight excluding hydrogens is 302 g/mol. The molecule has 116 valence electrons. The van der Waals surface area contributed by atoms with E-state index in [-0.39, 0.29) is 12.4 Å². The van der Waals surface area contributed by atoms with Gasteiger partial charge in [0.15, 0.2) is 0 Å². The van der Waals surface area contributed by atoms with Crippen LogP contribution in [0, 0.1) is 0 Å². The number of ether oxygens (including phenoxy) is 1. The molecule has 8 heteroatoms. The standard InChI is InChI=1S/C12H15F4NO2.ClH/c1-2-9(18)10(17)7-3-5-8(6-4-7)19-12(15,16)11(13)14;/h3-6,9-11,18H,2,17H2,1H3;1H/t9-,10+;/m0./s1. The Hall–Kier alpha value is -1.05. The van der Waals surface area contributed by atoms with Crippen molar-refractivity contribution in [2.45, 2.75) is 38.0 Å². The van der Waals surface area contributed by atoms with Crippen LogP contribution in [0.5, 0.6) is 5.75 Å². The molecule has 0 spiro atoms. The predicted octanol–water partition coefficient (Wildman–Crippen LogP) is 3.12. The maximum Gasteiger partial charge on any atom is 0.461 e. The van der Waals surface area contributed by atoms with E-state index in [9.17, 15) is 22.7 Å². The summed E-state index contributed by atoms with van der Waals surface area (Å²) in [4.78, 5) is 0. The monoisotopic (exact) mass is 317 g/mol. The fraction of sp³-hybridized carbons (Fsp3) is 0.500. The molecule has 3 nitrogen and oxygen atoms in total. The first-order valence-electron chi connectivity index (χ1n) is 5.66. The van der Waals surface area contributed by atoms with Crippen LogP contribution in [0.1, 0.15) is 24.9 Å². The summed E-state index contributed by atoms with van der Waals surface area (Å²) in [6.45, 7) is 1.74. The summed E-state index contributed by atoms with van der Waals surface area (Å²) >= 11 is 0. The summed E-state index contributed by atoms with van der Waals surface area (Å²) < 4.78 is 53.0. The Morgan fingerprint density at radius 1 is 1.25 bits per heavy atom. The van der Waals surface area contributed by atoms with Gasteiger partial charge in [0, 0.05) is 0 Å². The molecule has 0 fully saturated rings. The Balaban J connectivity index is 0.00000361. The van der Waals surface area contributed by atoms with Gasteiger partial charge in [-0.2, -0.15) is 17.6 Å². The highest BCUT2D eigenvalue weighted by atomic mass is 35.5. The van der Waals surface area contributed by atoms with Crippen LogP contribution in [-0.2, 0) is 0 Å². The lowest BCUT2D eigenvalue weighted by molar-refractivity contribution is -0.253. The van der Waals surface area contributed by atoms with Gasteiger partial charge in [0.25, 0.3) is 0 Å². The van der Waals surface area contributed by atoms with Crippen molar-refractivity contribution in [3.8, 4) is 5.75 Å². The molecule has 0 saturated heterocycles. The first-order valence-corrected chi connectivity index (χ1v) is 5.66. The minimum absolute atomic E-state index is 0. The Morgan fingerprint density at radius 2 is 1.75 bits per heavy atom. The Bertz CT molecular complexity index is 403. The normalized spacial score (nSPS) is 14.6. The van der Waals surface area contributed by atoms with Crippen LogP contribution in [0.4, 0.5) is 17.6 Å². The van der Waals surface area contributed by atoms with Crippen LogP contribution in [-0.4, -0.2) is 23.7 Å². The maximum absolute atomic E-state index is 12.6. The molecule has 3 N–H and O–H groups in total. The largest absolute Gasteiger partial charge is 0.461 e. The van der Waals surface area contributed by atoms with E-state index in [4.69, 9.17) is 5.73 Å². The number of halogens is 5. The highest BCUT2D eigenvalue weighted by Crippen LogP contribution is 2.28. The Morgan fingerprint density at radius 3 is 2.15 bits per heavy atom. The second kappa shape index (κ2) is 7.66. The number of benzene rings is 1. The zero-order chi connectivity index (χ0) is 14.6. The molecule has 1 aromatic rings. The number of rotatable bonds is 6. The third-order valence-corrected chi connectivity index (χ3v) is 2.61. The van der Waals surface area contributed by atoms with E-state index in [0.717, 1.165) is 12.1 Å². The molecule has 0 aromatic heterocycles. The van der Waals surface area contributed by atoms with Gasteiger partial charge in [-0.1, -0.05) is 19.1 Å². The SMILES string of the molecule is CC[C@H](O)[C@H](N)c1ccc(OC(F)(F)C(F)F)cc1.Cl. The fourth-order valence-corrected chi connectivity index (χ4v) is 1.44. The molecular formula is C12H16ClF4NO2. The third kappa shape index (κ3) is 4.81. The van der Waals surface area contributed by atoms with E-state index in [1.165, 1.54) is 12.1 Å². The topological polar surface area (TPSA) is 55.5 Å². The number of hydrogen-bond donors (Lipinski definition) is 2. The van der Waals surface area contributed by atoms with Crippen molar-refractivity contribution in [3.05, 3.63) is 29.8 Å². The van der Waals surface area contributed by atoms with E-state index in [0.29, 0.717) is 12.0 Å². The fourth-order valence-electron chi connectivity index (χ4n) is 1.44. The Kier molecular flexibility index (Phi) is 7.26. The smallest absolute Gasteiger partial charge is 0.428 e. The van der Waals surface area contributed by atoms with Gasteiger partial charge in [0.2, 0.25) is 0 Å². The average molecular weight is 318 g/mol. The predicted molar refractivity (Wildman–Crippen MR) is 68.5 cm³/mol. The number of alkyl halides is 4. The molecule has 1 aromatic carbocycles. The summed E-state index contributed by atoms with van der Waals surface area (Å²) in [5, 5.41) is 9.53. The van der Waals surface area contributed by atoms with Crippen molar-refractivity contribution < 1.29 is 27.4 Å². The van der Waals surface area contributed by atoms with Crippen LogP contribution < -0.4 is 10.5 Å². The molecule has 0 bridgehead atoms. The highest BCUT2D eigenvalue weighted by molar-refractivity contribution is 5.85. The molecule has 0 radical (unpaired) electrons. The third-order valence-electron chi connectivity index (χ3n) is 2.61. The first kappa shape index (κ1) is 18.9. The lowest BCUT2D eigenvalue weighted by Gasteiger charge is -2.19. The van der Waals surface area contributed by atoms with Gasteiger partial charge in [0.1, 0.15) is 5.75 Å². The first-order chi connectivity index (χ1) is 8.77. The van der Waals surface area contributed by atoms with Crippen molar-refractivity contribution in [1.29, 1.82) is 0 Å². The summed E-state index contributed by atoms with van der Waals surface area (Å²) in [6, 6.07) is 4.23. The van der Waals surface area contributed by atoms with Crippen molar-refractivity contribution in [2.75, 3.05) is 0 Å². The molecule has 0 unspecified atom stereocenters. The molecule has 20 heavy (non-hydrogen) atoms. The summed E-state index contributed by atoms with van der Waals surface area (Å²) in [6.07, 6.45) is -8.78. The molecule has 2 atom stereocenters. The van der Waals surface area contributed by atoms with Crippen LogP contribution in [0.25, 0.3) is 0 Å². The minimum Gasteiger partial charge on any atom is -0.428 e. The van der Waals surface area contributed by atoms with Crippen LogP contribution in [0.3, 0.4) is 0 Å². The van der Waals surface area contributed by atoms with Crippen LogP contribution in [0.15, 0.2) is 24.3 Å². The summed E-state index contributed by atoms with van der Waals surface area (Å²) in [5.74, 6) is -0.396. The van der Waals surface area contributed by atoms with Gasteiger partial charge in [-0.3, -0.25) is 0 Å². The zero-order valence-corrected chi connectivity index (χ0v) is 11.4. The second-order valence-corrected chi connectivity index (χ2v) is 4.03. The van der Waals surface area contributed by atoms with Gasteiger partial charge in [0.05, 0.1) is 12.1 Å². The lowest BCUT2D eigenvalue weighted by Crippen LogP contribution is -2.33. The van der Waals surface area contributed by atoms with Gasteiger partial charge in [-0.15, -0.1) is 12.4 Å². The number of nitrogens with two attached hydrogens (primary N) is 1. The van der Waals surface area contributed by atoms with E-state index in [1.54, 1.807) is 6.92 Å². The zero-order valence-electron chi connectivity index (χ0n) is 10.6. The summed E-state index contributed by atoms with van der Waals surface area (Å²) in [5.41, 5.74) is 6.22. The number of aliphatic hydroxyl groups is 1. The lowest BCUT2D eigenvalue weighted by atomic mass is 10.0. The number of aliphatic hydroxyl groups excluding tert-OH is 1. The van der Waals surface area contributed by atoms with Crippen molar-refractivity contribution in [2.24, 2.45) is 5.73 Å². The molecule has 0 amide bonds. The molecule has 0 heterocycles. The molecule has 0 aliphatic rings. The van der Waals surface area contributed by atoms with E-state index in [1.807, 2.05) is 0 Å². The van der Waals surface area contributed by atoms with Gasteiger partial charge >= 0.3 is 12.5 Å². The Labute approximate surface area is 120 Å². The highest BCUT2D eigenvalue weighted by Gasteiger charge is 2.43. The molecule has 0 saturated carbocycles. The van der Waals surface area contributed by atoms with E-state index in [2.05, 4.69) is 4.74 Å². The molecule has 1 rings (SSSR count). The summed E-state index contributed by atoms with van der Waals surface area (Å²) in [7, 11) is 0. The van der Waals surface area contributed by atoms with Crippen LogP contribution >= 0.6 is 12.4 Å². The number of hydrogen-bond acceptors (Lipinski definition) is 3. The molecule has 0 aliphatic carbocycles. The quantitative estimate of drug-likeness (QED) is 0.793. The van der Waals surface area contributed by atoms with Crippen molar-refractivity contribution in [3.63, 3.8) is 0 Å². The average Bonchev–Trinajstić information content (AvgIpc) is 2.37. The molecule has 0 aliphatic heterocycles. The van der Waals surface area contributed by atoms with Crippen molar-refractivity contribution in [1.82, 2.24) is 0 Å². The van der Waals surface area contributed by atoms with E-state index < -0.39 is 30.4 Å².